The number of rotatable bonds is 10. The van der Waals surface area contributed by atoms with E-state index >= 15 is 0 Å². The summed E-state index contributed by atoms with van der Waals surface area (Å²) in [4.78, 5) is 79.4. The van der Waals surface area contributed by atoms with Crippen molar-refractivity contribution in [2.75, 3.05) is 13.2 Å². The highest BCUT2D eigenvalue weighted by Crippen LogP contribution is 2.28. The third-order valence-corrected chi connectivity index (χ3v) is 7.44. The molecule has 0 unspecified atom stereocenters. The van der Waals surface area contributed by atoms with E-state index in [4.69, 9.17) is 4.74 Å². The first-order valence-electron chi connectivity index (χ1n) is 12.7. The van der Waals surface area contributed by atoms with E-state index in [0.717, 1.165) is 14.3 Å². The van der Waals surface area contributed by atoms with Gasteiger partial charge in [-0.05, 0) is 55.7 Å². The Morgan fingerprint density at radius 1 is 0.700 bits per heavy atom. The number of unbranched alkanes of at least 4 members (excludes halogenated alkanes) is 1. The standard InChI is InChI=1S/C30H23BrN2O7/c31-19-14-12-18(13-15-19)25(34)17-40-30(39)24(33-28(37)22-9-3-4-10-23(22)29(33)38)11-5-6-16-32-26(35)20-7-1-2-8-21(20)27(32)36/h1-4,7-10,12-15,24H,5-6,11,16-17H2/t24-/m0/s1. The maximum absolute atomic E-state index is 13.2. The molecule has 9 nitrogen and oxygen atoms in total. The van der Waals surface area contributed by atoms with E-state index in [1.807, 2.05) is 0 Å². The van der Waals surface area contributed by atoms with Gasteiger partial charge in [0.15, 0.2) is 12.4 Å². The second-order valence-corrected chi connectivity index (χ2v) is 10.3. The number of ether oxygens (including phenoxy) is 1. The van der Waals surface area contributed by atoms with Crippen molar-refractivity contribution in [1.82, 2.24) is 9.80 Å². The number of esters is 1. The van der Waals surface area contributed by atoms with Gasteiger partial charge in [0.2, 0.25) is 0 Å². The van der Waals surface area contributed by atoms with Gasteiger partial charge < -0.3 is 4.74 Å². The molecule has 2 aliphatic heterocycles. The molecule has 40 heavy (non-hydrogen) atoms. The normalized spacial score (nSPS) is 14.8. The van der Waals surface area contributed by atoms with Gasteiger partial charge in [0.05, 0.1) is 22.3 Å². The molecule has 0 saturated carbocycles. The minimum Gasteiger partial charge on any atom is -0.456 e. The Hall–Kier alpha value is -4.44. The number of Topliss-reactive ketones (excluding diaryl/α,β-unsaturated/α-hetero) is 1. The molecular weight excluding hydrogens is 580 g/mol. The number of nitrogens with zero attached hydrogens (tertiary/aromatic N) is 2. The summed E-state index contributed by atoms with van der Waals surface area (Å²) in [5, 5.41) is 0. The number of carbonyl (C=O) groups is 6. The molecule has 0 N–H and O–H groups in total. The second kappa shape index (κ2) is 11.4. The summed E-state index contributed by atoms with van der Waals surface area (Å²) in [6, 6.07) is 18.1. The van der Waals surface area contributed by atoms with Crippen LogP contribution in [-0.4, -0.2) is 64.4 Å². The topological polar surface area (TPSA) is 118 Å². The van der Waals surface area contributed by atoms with Gasteiger partial charge in [-0.1, -0.05) is 52.3 Å². The average molecular weight is 603 g/mol. The van der Waals surface area contributed by atoms with Gasteiger partial charge in [-0.25, -0.2) is 4.79 Å². The van der Waals surface area contributed by atoms with Crippen molar-refractivity contribution < 1.29 is 33.5 Å². The summed E-state index contributed by atoms with van der Waals surface area (Å²) in [7, 11) is 0. The molecule has 0 spiro atoms. The van der Waals surface area contributed by atoms with Crippen molar-refractivity contribution in [2.45, 2.75) is 25.3 Å². The first kappa shape index (κ1) is 27.1. The Morgan fingerprint density at radius 3 is 1.73 bits per heavy atom. The molecule has 10 heteroatoms. The fourth-order valence-electron chi connectivity index (χ4n) is 4.85. The van der Waals surface area contributed by atoms with Gasteiger partial charge >= 0.3 is 5.97 Å². The number of amides is 4. The molecule has 5 rings (SSSR count). The van der Waals surface area contributed by atoms with Crippen LogP contribution in [-0.2, 0) is 9.53 Å². The molecule has 202 valence electrons. The van der Waals surface area contributed by atoms with Gasteiger partial charge in [-0.15, -0.1) is 0 Å². The van der Waals surface area contributed by atoms with E-state index < -0.39 is 36.2 Å². The van der Waals surface area contributed by atoms with Crippen LogP contribution in [0.4, 0.5) is 0 Å². The smallest absolute Gasteiger partial charge is 0.329 e. The lowest BCUT2D eigenvalue weighted by molar-refractivity contribution is -0.147. The lowest BCUT2D eigenvalue weighted by atomic mass is 10.1. The summed E-state index contributed by atoms with van der Waals surface area (Å²) in [5.74, 6) is -3.34. The predicted octanol–water partition coefficient (Wildman–Crippen LogP) is 4.31. The zero-order valence-corrected chi connectivity index (χ0v) is 22.8. The number of fused-ring (bicyclic) bond motifs is 2. The van der Waals surface area contributed by atoms with Crippen LogP contribution in [0.1, 0.15) is 71.1 Å². The molecule has 0 saturated heterocycles. The van der Waals surface area contributed by atoms with Crippen LogP contribution in [0.2, 0.25) is 0 Å². The summed E-state index contributed by atoms with van der Waals surface area (Å²) < 4.78 is 6.09. The fraction of sp³-hybridized carbons (Fsp3) is 0.200. The van der Waals surface area contributed by atoms with Gasteiger partial charge in [-0.3, -0.25) is 33.8 Å². The van der Waals surface area contributed by atoms with Gasteiger partial charge in [0, 0.05) is 16.6 Å². The Balaban J connectivity index is 1.27. The van der Waals surface area contributed by atoms with Crippen LogP contribution in [0.25, 0.3) is 0 Å². The van der Waals surface area contributed by atoms with Crippen molar-refractivity contribution in [3.63, 3.8) is 0 Å². The van der Waals surface area contributed by atoms with Gasteiger partial charge in [0.25, 0.3) is 23.6 Å². The molecule has 1 atom stereocenters. The highest BCUT2D eigenvalue weighted by atomic mass is 79.9. The third kappa shape index (κ3) is 5.10. The van der Waals surface area contributed by atoms with Crippen molar-refractivity contribution in [2.24, 2.45) is 0 Å². The van der Waals surface area contributed by atoms with E-state index in [9.17, 15) is 28.8 Å². The average Bonchev–Trinajstić information content (AvgIpc) is 3.36. The molecular formula is C30H23BrN2O7. The lowest BCUT2D eigenvalue weighted by Crippen LogP contribution is -2.46. The molecule has 2 heterocycles. The molecule has 3 aromatic rings. The molecule has 2 aliphatic rings. The first-order valence-corrected chi connectivity index (χ1v) is 13.4. The Morgan fingerprint density at radius 2 is 1.20 bits per heavy atom. The second-order valence-electron chi connectivity index (χ2n) is 9.38. The van der Waals surface area contributed by atoms with Crippen LogP contribution in [0.5, 0.6) is 0 Å². The predicted molar refractivity (Wildman–Crippen MR) is 146 cm³/mol. The Labute approximate surface area is 237 Å². The SMILES string of the molecule is O=C(COC(=O)[C@H](CCCCN1C(=O)c2ccccc2C1=O)N1C(=O)c2ccccc2C1=O)c1ccc(Br)cc1. The zero-order chi connectivity index (χ0) is 28.4. The molecule has 4 amide bonds. The molecule has 0 aliphatic carbocycles. The Bertz CT molecular complexity index is 1480. The maximum atomic E-state index is 13.2. The minimum atomic E-state index is -1.28. The zero-order valence-electron chi connectivity index (χ0n) is 21.2. The molecule has 0 fully saturated rings. The molecule has 0 radical (unpaired) electrons. The number of halogens is 1. The minimum absolute atomic E-state index is 0.0277. The summed E-state index contributed by atoms with van der Waals surface area (Å²) in [5.41, 5.74) is 1.39. The van der Waals surface area contributed by atoms with Crippen LogP contribution in [0.3, 0.4) is 0 Å². The summed E-state index contributed by atoms with van der Waals surface area (Å²) >= 11 is 3.30. The quantitative estimate of drug-likeness (QED) is 0.147. The third-order valence-electron chi connectivity index (χ3n) is 6.91. The van der Waals surface area contributed by atoms with Crippen LogP contribution >= 0.6 is 15.9 Å². The number of hydrogen-bond donors (Lipinski definition) is 0. The number of imide groups is 2. The first-order chi connectivity index (χ1) is 19.3. The highest BCUT2D eigenvalue weighted by molar-refractivity contribution is 9.10. The largest absolute Gasteiger partial charge is 0.456 e. The number of carbonyl (C=O) groups excluding carboxylic acids is 6. The van der Waals surface area contributed by atoms with Gasteiger partial charge in [0.1, 0.15) is 6.04 Å². The summed E-state index contributed by atoms with van der Waals surface area (Å²) in [6.45, 7) is -0.451. The number of hydrogen-bond acceptors (Lipinski definition) is 7. The summed E-state index contributed by atoms with van der Waals surface area (Å²) in [6.07, 6.45) is 0.650. The van der Waals surface area contributed by atoms with E-state index in [1.165, 1.54) is 12.1 Å². The maximum Gasteiger partial charge on any atom is 0.329 e. The van der Waals surface area contributed by atoms with Crippen molar-refractivity contribution in [3.05, 3.63) is 105 Å². The van der Waals surface area contributed by atoms with E-state index in [1.54, 1.807) is 60.7 Å². The van der Waals surface area contributed by atoms with Crippen molar-refractivity contribution in [3.8, 4) is 0 Å². The monoisotopic (exact) mass is 602 g/mol. The van der Waals surface area contributed by atoms with Crippen LogP contribution in [0, 0.1) is 0 Å². The lowest BCUT2D eigenvalue weighted by Gasteiger charge is -2.25. The molecule has 0 bridgehead atoms. The highest BCUT2D eigenvalue weighted by Gasteiger charge is 2.43. The number of benzene rings is 3. The van der Waals surface area contributed by atoms with Crippen LogP contribution in [0.15, 0.2) is 77.3 Å². The van der Waals surface area contributed by atoms with E-state index in [0.29, 0.717) is 29.5 Å². The van der Waals surface area contributed by atoms with E-state index in [2.05, 4.69) is 15.9 Å². The fourth-order valence-corrected chi connectivity index (χ4v) is 5.11. The van der Waals surface area contributed by atoms with Crippen LogP contribution < -0.4 is 0 Å². The van der Waals surface area contributed by atoms with Crippen molar-refractivity contribution in [1.29, 1.82) is 0 Å². The molecule has 3 aromatic carbocycles. The van der Waals surface area contributed by atoms with Gasteiger partial charge in [-0.2, -0.15) is 0 Å². The number of ketones is 1. The van der Waals surface area contributed by atoms with E-state index in [-0.39, 0.29) is 35.9 Å². The Kier molecular flexibility index (Phi) is 7.70. The molecule has 0 aromatic heterocycles. The van der Waals surface area contributed by atoms with Crippen molar-refractivity contribution >= 4 is 51.3 Å².